The summed E-state index contributed by atoms with van der Waals surface area (Å²) in [5.41, 5.74) is 3.80. The van der Waals surface area contributed by atoms with Crippen LogP contribution < -0.4 is 4.74 Å². The number of benzene rings is 1. The second-order valence-corrected chi connectivity index (χ2v) is 3.81. The van der Waals surface area contributed by atoms with E-state index >= 15 is 0 Å². The molecule has 0 aliphatic rings. The molecule has 2 nitrogen and oxygen atoms in total. The Balaban J connectivity index is 3.10. The van der Waals surface area contributed by atoms with Crippen molar-refractivity contribution in [1.29, 1.82) is 0 Å². The van der Waals surface area contributed by atoms with E-state index < -0.39 is 0 Å². The summed E-state index contributed by atoms with van der Waals surface area (Å²) >= 11 is 0. The van der Waals surface area contributed by atoms with E-state index in [1.165, 1.54) is 16.7 Å². The first kappa shape index (κ1) is 12.1. The molecule has 1 rings (SSSR count). The van der Waals surface area contributed by atoms with E-state index in [0.717, 1.165) is 25.0 Å². The average Bonchev–Trinajstić information content (AvgIpc) is 2.23. The molecule has 0 saturated carbocycles. The highest BCUT2D eigenvalue weighted by Crippen LogP contribution is 2.23. The van der Waals surface area contributed by atoms with E-state index in [0.29, 0.717) is 0 Å². The second kappa shape index (κ2) is 5.76. The molecule has 0 unspecified atom stereocenters. The molecular weight excluding hydrogens is 188 g/mol. The maximum atomic E-state index is 9.03. The lowest BCUT2D eigenvalue weighted by atomic mass is 9.96. The van der Waals surface area contributed by atoms with E-state index in [-0.39, 0.29) is 6.61 Å². The topological polar surface area (TPSA) is 29.5 Å². The van der Waals surface area contributed by atoms with Gasteiger partial charge in [0.1, 0.15) is 5.75 Å². The van der Waals surface area contributed by atoms with E-state index in [1.807, 2.05) is 6.07 Å². The first-order valence-corrected chi connectivity index (χ1v) is 5.50. The molecule has 1 aromatic carbocycles. The number of methoxy groups -OCH3 is 1. The molecule has 0 radical (unpaired) electrons. The van der Waals surface area contributed by atoms with Crippen LogP contribution >= 0.6 is 0 Å². The summed E-state index contributed by atoms with van der Waals surface area (Å²) in [6.07, 6.45) is 2.91. The maximum Gasteiger partial charge on any atom is 0.119 e. The van der Waals surface area contributed by atoms with Crippen LogP contribution in [0, 0.1) is 6.92 Å². The fraction of sp³-hybridized carbons (Fsp3) is 0.538. The van der Waals surface area contributed by atoms with Gasteiger partial charge >= 0.3 is 0 Å². The Hall–Kier alpha value is -1.02. The van der Waals surface area contributed by atoms with Crippen LogP contribution in [-0.4, -0.2) is 18.8 Å². The first-order chi connectivity index (χ1) is 7.22. The highest BCUT2D eigenvalue weighted by Gasteiger charge is 2.07. The molecular formula is C13H20O2. The van der Waals surface area contributed by atoms with Crippen molar-refractivity contribution >= 4 is 0 Å². The summed E-state index contributed by atoms with van der Waals surface area (Å²) in [4.78, 5) is 0. The zero-order chi connectivity index (χ0) is 11.3. The number of ether oxygens (including phenoxy) is 1. The van der Waals surface area contributed by atoms with Gasteiger partial charge in [-0.2, -0.15) is 0 Å². The van der Waals surface area contributed by atoms with Gasteiger partial charge in [-0.1, -0.05) is 13.3 Å². The van der Waals surface area contributed by atoms with Gasteiger partial charge in [-0.3, -0.25) is 0 Å². The monoisotopic (exact) mass is 208 g/mol. The van der Waals surface area contributed by atoms with Crippen LogP contribution in [0.4, 0.5) is 0 Å². The Morgan fingerprint density at radius 2 is 2.00 bits per heavy atom. The third-order valence-electron chi connectivity index (χ3n) is 2.66. The van der Waals surface area contributed by atoms with E-state index in [9.17, 15) is 0 Å². The molecule has 2 heteroatoms. The van der Waals surface area contributed by atoms with Crippen LogP contribution in [0.1, 0.15) is 30.0 Å². The lowest BCUT2D eigenvalue weighted by Gasteiger charge is -2.13. The Morgan fingerprint density at radius 3 is 2.53 bits per heavy atom. The van der Waals surface area contributed by atoms with Gasteiger partial charge in [-0.25, -0.2) is 0 Å². The number of aryl methyl sites for hydroxylation is 2. The summed E-state index contributed by atoms with van der Waals surface area (Å²) in [5.74, 6) is 0.914. The molecule has 0 spiro atoms. The third-order valence-corrected chi connectivity index (χ3v) is 2.66. The van der Waals surface area contributed by atoms with Crippen molar-refractivity contribution < 1.29 is 9.84 Å². The Morgan fingerprint density at radius 1 is 1.27 bits per heavy atom. The average molecular weight is 208 g/mol. The molecule has 0 aromatic heterocycles. The minimum absolute atomic E-state index is 0.212. The van der Waals surface area contributed by atoms with Crippen molar-refractivity contribution in [3.8, 4) is 5.75 Å². The number of hydrogen-bond donors (Lipinski definition) is 1. The number of aliphatic hydroxyl groups excluding tert-OH is 1. The summed E-state index contributed by atoms with van der Waals surface area (Å²) in [7, 11) is 1.69. The minimum Gasteiger partial charge on any atom is -0.497 e. The Labute approximate surface area is 91.9 Å². The van der Waals surface area contributed by atoms with Crippen molar-refractivity contribution in [2.75, 3.05) is 13.7 Å². The largest absolute Gasteiger partial charge is 0.497 e. The summed E-state index contributed by atoms with van der Waals surface area (Å²) < 4.78 is 5.25. The molecule has 0 aliphatic heterocycles. The lowest BCUT2D eigenvalue weighted by Crippen LogP contribution is -2.01. The molecule has 1 aromatic rings. The Bertz CT molecular complexity index is 319. The van der Waals surface area contributed by atoms with Gasteiger partial charge in [0, 0.05) is 6.61 Å². The number of hydrogen-bond acceptors (Lipinski definition) is 2. The van der Waals surface area contributed by atoms with E-state index in [1.54, 1.807) is 7.11 Å². The Kier molecular flexibility index (Phi) is 4.63. The maximum absolute atomic E-state index is 9.03. The van der Waals surface area contributed by atoms with Gasteiger partial charge in [-0.05, 0) is 48.6 Å². The second-order valence-electron chi connectivity index (χ2n) is 3.81. The van der Waals surface area contributed by atoms with Gasteiger partial charge < -0.3 is 9.84 Å². The van der Waals surface area contributed by atoms with E-state index in [4.69, 9.17) is 9.84 Å². The fourth-order valence-electron chi connectivity index (χ4n) is 1.93. The highest BCUT2D eigenvalue weighted by atomic mass is 16.5. The molecule has 0 amide bonds. The minimum atomic E-state index is 0.212. The molecule has 15 heavy (non-hydrogen) atoms. The van der Waals surface area contributed by atoms with Crippen molar-refractivity contribution in [3.05, 3.63) is 28.8 Å². The van der Waals surface area contributed by atoms with Crippen molar-refractivity contribution in [3.63, 3.8) is 0 Å². The smallest absolute Gasteiger partial charge is 0.119 e. The van der Waals surface area contributed by atoms with Crippen LogP contribution in [0.5, 0.6) is 5.75 Å². The van der Waals surface area contributed by atoms with Gasteiger partial charge in [0.2, 0.25) is 0 Å². The first-order valence-electron chi connectivity index (χ1n) is 5.50. The lowest BCUT2D eigenvalue weighted by molar-refractivity contribution is 0.299. The number of aliphatic hydroxyl groups is 1. The van der Waals surface area contributed by atoms with Crippen LogP contribution in [0.15, 0.2) is 12.1 Å². The van der Waals surface area contributed by atoms with E-state index in [2.05, 4.69) is 19.9 Å². The summed E-state index contributed by atoms with van der Waals surface area (Å²) in [6.45, 7) is 4.45. The molecule has 1 N–H and O–H groups in total. The van der Waals surface area contributed by atoms with Gasteiger partial charge in [0.25, 0.3) is 0 Å². The molecule has 0 bridgehead atoms. The van der Waals surface area contributed by atoms with Gasteiger partial charge in [-0.15, -0.1) is 0 Å². The number of rotatable bonds is 5. The highest BCUT2D eigenvalue weighted by molar-refractivity contribution is 5.42. The summed E-state index contributed by atoms with van der Waals surface area (Å²) in [5, 5.41) is 9.03. The molecule has 0 fully saturated rings. The summed E-state index contributed by atoms with van der Waals surface area (Å²) in [6, 6.07) is 4.12. The standard InChI is InChI=1S/C13H20O2/c1-4-5-11-9-12(15-3)8-10(2)13(11)6-7-14/h8-9,14H,4-7H2,1-3H3. The predicted molar refractivity (Wildman–Crippen MR) is 62.5 cm³/mol. The zero-order valence-corrected chi connectivity index (χ0v) is 9.84. The molecule has 0 saturated heterocycles. The van der Waals surface area contributed by atoms with Gasteiger partial charge in [0.15, 0.2) is 0 Å². The molecule has 0 aliphatic carbocycles. The SMILES string of the molecule is CCCc1cc(OC)cc(C)c1CCO. The van der Waals surface area contributed by atoms with Crippen LogP contribution in [0.3, 0.4) is 0 Å². The fourth-order valence-corrected chi connectivity index (χ4v) is 1.93. The molecule has 0 atom stereocenters. The van der Waals surface area contributed by atoms with Crippen LogP contribution in [0.2, 0.25) is 0 Å². The normalized spacial score (nSPS) is 10.4. The van der Waals surface area contributed by atoms with Crippen molar-refractivity contribution in [2.45, 2.75) is 33.1 Å². The molecule has 84 valence electrons. The molecule has 0 heterocycles. The quantitative estimate of drug-likeness (QED) is 0.805. The van der Waals surface area contributed by atoms with Crippen molar-refractivity contribution in [2.24, 2.45) is 0 Å². The third kappa shape index (κ3) is 2.96. The van der Waals surface area contributed by atoms with Crippen LogP contribution in [0.25, 0.3) is 0 Å². The zero-order valence-electron chi connectivity index (χ0n) is 9.84. The van der Waals surface area contributed by atoms with Crippen molar-refractivity contribution in [1.82, 2.24) is 0 Å². The van der Waals surface area contributed by atoms with Gasteiger partial charge in [0.05, 0.1) is 7.11 Å². The predicted octanol–water partition coefficient (Wildman–Crippen LogP) is 2.49. The van der Waals surface area contributed by atoms with Crippen LogP contribution in [-0.2, 0) is 12.8 Å².